The van der Waals surface area contributed by atoms with Crippen molar-refractivity contribution in [2.24, 2.45) is 0 Å². The van der Waals surface area contributed by atoms with E-state index in [0.29, 0.717) is 25.3 Å². The molecule has 2 aromatic rings. The van der Waals surface area contributed by atoms with Crippen LogP contribution in [0.1, 0.15) is 22.0 Å². The molecule has 3 rings (SSSR count). The number of sulfone groups is 1. The van der Waals surface area contributed by atoms with Crippen LogP contribution in [-0.2, 0) is 14.6 Å². The Morgan fingerprint density at radius 2 is 2.04 bits per heavy atom. The number of carbonyl (C=O) groups is 1. The minimum Gasteiger partial charge on any atom is -0.379 e. The molecule has 0 radical (unpaired) electrons. The Morgan fingerprint density at radius 1 is 1.26 bits per heavy atom. The quantitative estimate of drug-likeness (QED) is 0.801. The SMILES string of the molecule is CS(=O)(=O)c1cccc(C(=O)NCC(c2cccnc2)N2CCOCC2)c1. The van der Waals surface area contributed by atoms with Crippen LogP contribution in [0.25, 0.3) is 0 Å². The summed E-state index contributed by atoms with van der Waals surface area (Å²) >= 11 is 0. The van der Waals surface area contributed by atoms with Crippen molar-refractivity contribution in [2.45, 2.75) is 10.9 Å². The summed E-state index contributed by atoms with van der Waals surface area (Å²) in [5, 5.41) is 2.93. The van der Waals surface area contributed by atoms with E-state index in [9.17, 15) is 13.2 Å². The molecule has 1 amide bonds. The zero-order chi connectivity index (χ0) is 19.3. The molecule has 0 bridgehead atoms. The first-order chi connectivity index (χ1) is 12.9. The fourth-order valence-electron chi connectivity index (χ4n) is 3.08. The van der Waals surface area contributed by atoms with Crippen LogP contribution in [0.5, 0.6) is 0 Å². The van der Waals surface area contributed by atoms with Gasteiger partial charge in [-0.1, -0.05) is 12.1 Å². The standard InChI is InChI=1S/C19H23N3O4S/c1-27(24,25)17-6-2-4-15(12-17)19(23)21-14-18(16-5-3-7-20-13-16)22-8-10-26-11-9-22/h2-7,12-13,18H,8-11,14H2,1H3,(H,21,23). The Kier molecular flexibility index (Phi) is 6.20. The molecule has 1 saturated heterocycles. The summed E-state index contributed by atoms with van der Waals surface area (Å²) in [7, 11) is -3.36. The van der Waals surface area contributed by atoms with E-state index in [4.69, 9.17) is 4.74 Å². The summed E-state index contributed by atoms with van der Waals surface area (Å²) < 4.78 is 28.8. The lowest BCUT2D eigenvalue weighted by atomic mass is 10.1. The van der Waals surface area contributed by atoms with Gasteiger partial charge in [0.2, 0.25) is 0 Å². The molecule has 7 nitrogen and oxygen atoms in total. The van der Waals surface area contributed by atoms with Crippen LogP contribution in [0, 0.1) is 0 Å². The number of benzene rings is 1. The number of morpholine rings is 1. The summed E-state index contributed by atoms with van der Waals surface area (Å²) in [6, 6.07) is 9.91. The Morgan fingerprint density at radius 3 is 2.70 bits per heavy atom. The second-order valence-corrected chi connectivity index (χ2v) is 8.48. The molecule has 1 aromatic heterocycles. The Labute approximate surface area is 159 Å². The summed E-state index contributed by atoms with van der Waals surface area (Å²) in [5.74, 6) is -0.303. The summed E-state index contributed by atoms with van der Waals surface area (Å²) in [4.78, 5) is 19.2. The molecule has 1 unspecified atom stereocenters. The zero-order valence-electron chi connectivity index (χ0n) is 15.2. The molecule has 1 N–H and O–H groups in total. The highest BCUT2D eigenvalue weighted by Crippen LogP contribution is 2.20. The van der Waals surface area contributed by atoms with Crippen molar-refractivity contribution in [3.8, 4) is 0 Å². The molecule has 1 fully saturated rings. The van der Waals surface area contributed by atoms with E-state index in [1.54, 1.807) is 24.5 Å². The molecular weight excluding hydrogens is 366 g/mol. The third-order valence-corrected chi connectivity index (χ3v) is 5.65. The van der Waals surface area contributed by atoms with Crippen LogP contribution in [-0.4, -0.2) is 63.3 Å². The Balaban J connectivity index is 1.74. The average Bonchev–Trinajstić information content (AvgIpc) is 2.69. The predicted molar refractivity (Wildman–Crippen MR) is 101 cm³/mol. The first-order valence-corrected chi connectivity index (χ1v) is 10.6. The monoisotopic (exact) mass is 389 g/mol. The van der Waals surface area contributed by atoms with Crippen molar-refractivity contribution >= 4 is 15.7 Å². The third kappa shape index (κ3) is 5.12. The maximum Gasteiger partial charge on any atom is 0.251 e. The van der Waals surface area contributed by atoms with Crippen LogP contribution < -0.4 is 5.32 Å². The van der Waals surface area contributed by atoms with Gasteiger partial charge in [-0.15, -0.1) is 0 Å². The van der Waals surface area contributed by atoms with Gasteiger partial charge in [0.05, 0.1) is 24.2 Å². The number of aromatic nitrogens is 1. The van der Waals surface area contributed by atoms with Gasteiger partial charge in [0, 0.05) is 43.8 Å². The van der Waals surface area contributed by atoms with Crippen LogP contribution in [0.3, 0.4) is 0 Å². The van der Waals surface area contributed by atoms with Gasteiger partial charge >= 0.3 is 0 Å². The lowest BCUT2D eigenvalue weighted by molar-refractivity contribution is 0.0161. The summed E-state index contributed by atoms with van der Waals surface area (Å²) in [5.41, 5.74) is 1.34. The highest BCUT2D eigenvalue weighted by Gasteiger charge is 2.23. The molecule has 2 heterocycles. The molecule has 0 aliphatic carbocycles. The van der Waals surface area contributed by atoms with Crippen molar-refractivity contribution < 1.29 is 17.9 Å². The van der Waals surface area contributed by atoms with Crippen LogP contribution in [0.4, 0.5) is 0 Å². The molecule has 8 heteroatoms. The van der Waals surface area contributed by atoms with Crippen LogP contribution in [0.15, 0.2) is 53.7 Å². The molecule has 1 atom stereocenters. The summed E-state index contributed by atoms with van der Waals surface area (Å²) in [6.45, 7) is 3.26. The highest BCUT2D eigenvalue weighted by atomic mass is 32.2. The minimum atomic E-state index is -3.36. The van der Waals surface area contributed by atoms with Crippen LogP contribution >= 0.6 is 0 Å². The van der Waals surface area contributed by atoms with Gasteiger partial charge in [-0.3, -0.25) is 14.7 Å². The van der Waals surface area contributed by atoms with E-state index in [-0.39, 0.29) is 16.8 Å². The molecule has 1 aliphatic rings. The number of nitrogens with zero attached hydrogens (tertiary/aromatic N) is 2. The van der Waals surface area contributed by atoms with Crippen molar-refractivity contribution in [1.82, 2.24) is 15.2 Å². The van der Waals surface area contributed by atoms with Gasteiger partial charge < -0.3 is 10.1 Å². The molecule has 27 heavy (non-hydrogen) atoms. The van der Waals surface area contributed by atoms with Crippen LogP contribution in [0.2, 0.25) is 0 Å². The largest absolute Gasteiger partial charge is 0.379 e. The van der Waals surface area contributed by atoms with Crippen molar-refractivity contribution in [3.63, 3.8) is 0 Å². The van der Waals surface area contributed by atoms with Crippen molar-refractivity contribution in [1.29, 1.82) is 0 Å². The van der Waals surface area contributed by atoms with E-state index in [1.807, 2.05) is 12.1 Å². The topological polar surface area (TPSA) is 88.6 Å². The smallest absolute Gasteiger partial charge is 0.251 e. The maximum absolute atomic E-state index is 12.6. The normalized spacial score (nSPS) is 16.6. The van der Waals surface area contributed by atoms with E-state index in [0.717, 1.165) is 24.9 Å². The lowest BCUT2D eigenvalue weighted by Crippen LogP contribution is -2.43. The predicted octanol–water partition coefficient (Wildman–Crippen LogP) is 1.29. The lowest BCUT2D eigenvalue weighted by Gasteiger charge is -2.34. The maximum atomic E-state index is 12.6. The molecule has 0 saturated carbocycles. The van der Waals surface area contributed by atoms with Crippen molar-refractivity contribution in [2.75, 3.05) is 39.1 Å². The van der Waals surface area contributed by atoms with E-state index in [1.165, 1.54) is 12.1 Å². The van der Waals surface area contributed by atoms with Gasteiger partial charge in [0.15, 0.2) is 9.84 Å². The number of nitrogens with one attached hydrogen (secondary N) is 1. The Bertz CT molecular complexity index is 881. The Hall–Kier alpha value is -2.29. The average molecular weight is 389 g/mol. The number of ether oxygens (including phenoxy) is 1. The summed E-state index contributed by atoms with van der Waals surface area (Å²) in [6.07, 6.45) is 4.65. The first-order valence-electron chi connectivity index (χ1n) is 8.75. The van der Waals surface area contributed by atoms with Gasteiger partial charge in [-0.2, -0.15) is 0 Å². The van der Waals surface area contributed by atoms with Gasteiger partial charge in [-0.05, 0) is 29.8 Å². The van der Waals surface area contributed by atoms with E-state index >= 15 is 0 Å². The fourth-order valence-corrected chi connectivity index (χ4v) is 3.75. The van der Waals surface area contributed by atoms with Gasteiger partial charge in [-0.25, -0.2) is 8.42 Å². The third-order valence-electron chi connectivity index (χ3n) is 4.54. The second-order valence-electron chi connectivity index (χ2n) is 6.46. The molecular formula is C19H23N3O4S. The van der Waals surface area contributed by atoms with Gasteiger partial charge in [0.1, 0.15) is 0 Å². The van der Waals surface area contributed by atoms with Crippen molar-refractivity contribution in [3.05, 3.63) is 59.9 Å². The molecule has 144 valence electrons. The van der Waals surface area contributed by atoms with E-state index in [2.05, 4.69) is 15.2 Å². The first kappa shape index (κ1) is 19.5. The zero-order valence-corrected chi connectivity index (χ0v) is 16.0. The number of pyridine rings is 1. The molecule has 1 aromatic carbocycles. The van der Waals surface area contributed by atoms with Gasteiger partial charge in [0.25, 0.3) is 5.91 Å². The second kappa shape index (κ2) is 8.60. The fraction of sp³-hybridized carbons (Fsp3) is 0.368. The minimum absolute atomic E-state index is 0.0235. The number of amides is 1. The number of carbonyl (C=O) groups excluding carboxylic acids is 1. The number of hydrogen-bond acceptors (Lipinski definition) is 6. The molecule has 0 spiro atoms. The van der Waals surface area contributed by atoms with E-state index < -0.39 is 9.84 Å². The molecule has 1 aliphatic heterocycles. The highest BCUT2D eigenvalue weighted by molar-refractivity contribution is 7.90. The number of rotatable bonds is 6. The number of hydrogen-bond donors (Lipinski definition) is 1.